The maximum Gasteiger partial charge on any atom is 0.289 e. The summed E-state index contributed by atoms with van der Waals surface area (Å²) in [7, 11) is 0. The fourth-order valence-electron chi connectivity index (χ4n) is 3.88. The number of likely N-dealkylation sites (tertiary alicyclic amines) is 1. The van der Waals surface area contributed by atoms with Gasteiger partial charge in [0.1, 0.15) is 6.10 Å². The van der Waals surface area contributed by atoms with Crippen LogP contribution < -0.4 is 0 Å². The summed E-state index contributed by atoms with van der Waals surface area (Å²) in [6.45, 7) is 3.20. The molecule has 0 aromatic carbocycles. The first kappa shape index (κ1) is 15.1. The van der Waals surface area contributed by atoms with Gasteiger partial charge in [-0.1, -0.05) is 0 Å². The summed E-state index contributed by atoms with van der Waals surface area (Å²) in [5.74, 6) is 2.60. The van der Waals surface area contributed by atoms with Gasteiger partial charge >= 0.3 is 0 Å². The number of furan rings is 1. The summed E-state index contributed by atoms with van der Waals surface area (Å²) in [6.07, 6.45) is 5.53. The molecule has 3 atom stereocenters. The van der Waals surface area contributed by atoms with E-state index in [1.165, 1.54) is 0 Å². The van der Waals surface area contributed by atoms with E-state index >= 15 is 0 Å². The van der Waals surface area contributed by atoms with E-state index in [-0.39, 0.29) is 18.1 Å². The van der Waals surface area contributed by atoms with Crippen molar-refractivity contribution in [3.63, 3.8) is 0 Å². The van der Waals surface area contributed by atoms with Gasteiger partial charge in [-0.25, -0.2) is 0 Å². The van der Waals surface area contributed by atoms with Gasteiger partial charge in [-0.15, -0.1) is 10.2 Å². The minimum Gasteiger partial charge on any atom is -0.459 e. The fourth-order valence-corrected chi connectivity index (χ4v) is 3.88. The molecule has 0 radical (unpaired) electrons. The zero-order valence-corrected chi connectivity index (χ0v) is 14.2. The Balaban J connectivity index is 1.27. The van der Waals surface area contributed by atoms with E-state index in [1.807, 2.05) is 17.9 Å². The first-order chi connectivity index (χ1) is 12.2. The molecule has 0 spiro atoms. The first-order valence-corrected chi connectivity index (χ1v) is 9.01. The smallest absolute Gasteiger partial charge is 0.289 e. The lowest BCUT2D eigenvalue weighted by Crippen LogP contribution is -2.45. The Morgan fingerprint density at radius 1 is 1.24 bits per heavy atom. The van der Waals surface area contributed by atoms with Gasteiger partial charge in [0.05, 0.1) is 12.4 Å². The van der Waals surface area contributed by atoms with E-state index in [4.69, 9.17) is 13.6 Å². The number of ether oxygens (including phenoxy) is 1. The molecular formula is C18H21N3O4. The molecule has 5 rings (SSSR count). The van der Waals surface area contributed by atoms with Crippen LogP contribution in [0.2, 0.25) is 0 Å². The Morgan fingerprint density at radius 2 is 2.08 bits per heavy atom. The molecule has 132 valence electrons. The van der Waals surface area contributed by atoms with Gasteiger partial charge in [0.15, 0.2) is 5.76 Å². The van der Waals surface area contributed by atoms with E-state index in [2.05, 4.69) is 10.2 Å². The number of piperidine rings is 1. The van der Waals surface area contributed by atoms with Gasteiger partial charge in [0, 0.05) is 24.6 Å². The third-order valence-corrected chi connectivity index (χ3v) is 5.55. The Bertz CT molecular complexity index is 794. The van der Waals surface area contributed by atoms with E-state index in [1.54, 1.807) is 6.26 Å². The van der Waals surface area contributed by atoms with Crippen molar-refractivity contribution in [3.8, 4) is 0 Å². The number of amides is 1. The van der Waals surface area contributed by atoms with Gasteiger partial charge in [0.25, 0.3) is 5.91 Å². The summed E-state index contributed by atoms with van der Waals surface area (Å²) in [6, 6.07) is 1.81. The highest BCUT2D eigenvalue weighted by atomic mass is 16.5. The highest BCUT2D eigenvalue weighted by molar-refractivity contribution is 5.92. The Kier molecular flexibility index (Phi) is 3.45. The molecule has 0 bridgehead atoms. The van der Waals surface area contributed by atoms with Crippen LogP contribution in [0.5, 0.6) is 0 Å². The van der Waals surface area contributed by atoms with Gasteiger partial charge in [-0.3, -0.25) is 4.79 Å². The molecule has 1 saturated carbocycles. The van der Waals surface area contributed by atoms with E-state index in [0.717, 1.165) is 43.7 Å². The monoisotopic (exact) mass is 343 g/mol. The first-order valence-electron chi connectivity index (χ1n) is 9.01. The van der Waals surface area contributed by atoms with Crippen LogP contribution in [-0.4, -0.2) is 40.2 Å². The van der Waals surface area contributed by atoms with Crippen molar-refractivity contribution < 1.29 is 18.4 Å². The number of hydrogen-bond donors (Lipinski definition) is 0. The molecule has 0 N–H and O–H groups in total. The number of rotatable bonds is 3. The number of carbonyl (C=O) groups is 1. The molecule has 3 fully saturated rings. The van der Waals surface area contributed by atoms with Crippen LogP contribution >= 0.6 is 0 Å². The Hall–Kier alpha value is -2.15. The normalized spacial score (nSPS) is 29.0. The second-order valence-corrected chi connectivity index (χ2v) is 7.38. The molecule has 7 heteroatoms. The number of aromatic nitrogens is 2. The molecule has 3 aliphatic rings. The molecule has 0 unspecified atom stereocenters. The number of hydrogen-bond acceptors (Lipinski definition) is 6. The summed E-state index contributed by atoms with van der Waals surface area (Å²) < 4.78 is 17.3. The van der Waals surface area contributed by atoms with Crippen molar-refractivity contribution in [1.29, 1.82) is 0 Å². The topological polar surface area (TPSA) is 81.6 Å². The number of fused-ring (bicyclic) bond motifs is 1. The van der Waals surface area contributed by atoms with Crippen molar-refractivity contribution in [2.75, 3.05) is 13.1 Å². The summed E-state index contributed by atoms with van der Waals surface area (Å²) in [5.41, 5.74) is 0.871. The maximum absolute atomic E-state index is 12.6. The standard InChI is InChI=1S/C18H21N3O4/c1-10-5-7-23-15(10)18(22)21-6-4-12-8-13(24-14(12)9-21)17-20-19-16(25-17)11-2-3-11/h5,7,11-14H,2-4,6,8-9H2,1H3/t12-,13+,14+/m1/s1. The largest absolute Gasteiger partial charge is 0.459 e. The van der Waals surface area contributed by atoms with Crippen molar-refractivity contribution in [2.24, 2.45) is 5.92 Å². The van der Waals surface area contributed by atoms with Crippen LogP contribution in [0.3, 0.4) is 0 Å². The number of nitrogens with zero attached hydrogens (tertiary/aromatic N) is 3. The predicted molar refractivity (Wildman–Crippen MR) is 86.0 cm³/mol. The third kappa shape index (κ3) is 2.66. The molecule has 25 heavy (non-hydrogen) atoms. The quantitative estimate of drug-likeness (QED) is 0.852. The SMILES string of the molecule is Cc1ccoc1C(=O)N1CC[C@@H]2C[C@@H](c3nnc(C4CC4)o3)O[C@H]2C1. The lowest BCUT2D eigenvalue weighted by Gasteiger charge is -2.33. The van der Waals surface area contributed by atoms with Gasteiger partial charge in [-0.05, 0) is 44.6 Å². The fraction of sp³-hybridized carbons (Fsp3) is 0.611. The maximum atomic E-state index is 12.6. The molecule has 7 nitrogen and oxygen atoms in total. The van der Waals surface area contributed by atoms with Crippen LogP contribution in [0.1, 0.15) is 65.6 Å². The van der Waals surface area contributed by atoms with Crippen molar-refractivity contribution in [2.45, 2.75) is 50.7 Å². The molecule has 2 aliphatic heterocycles. The minimum atomic E-state index is -0.143. The summed E-state index contributed by atoms with van der Waals surface area (Å²) in [4.78, 5) is 14.5. The predicted octanol–water partition coefficient (Wildman–Crippen LogP) is 2.84. The van der Waals surface area contributed by atoms with Crippen LogP contribution in [0.4, 0.5) is 0 Å². The van der Waals surface area contributed by atoms with Crippen molar-refractivity contribution in [3.05, 3.63) is 35.4 Å². The van der Waals surface area contributed by atoms with E-state index in [0.29, 0.717) is 30.0 Å². The highest BCUT2D eigenvalue weighted by Gasteiger charge is 2.43. The summed E-state index contributed by atoms with van der Waals surface area (Å²) in [5, 5.41) is 8.34. The zero-order valence-electron chi connectivity index (χ0n) is 14.2. The van der Waals surface area contributed by atoms with Crippen LogP contribution in [0.25, 0.3) is 0 Å². The molecule has 1 aliphatic carbocycles. The number of aryl methyl sites for hydroxylation is 1. The van der Waals surface area contributed by atoms with Crippen LogP contribution in [0.15, 0.2) is 21.2 Å². The number of carbonyl (C=O) groups excluding carboxylic acids is 1. The van der Waals surface area contributed by atoms with E-state index < -0.39 is 0 Å². The zero-order chi connectivity index (χ0) is 17.0. The van der Waals surface area contributed by atoms with Gasteiger partial charge in [-0.2, -0.15) is 0 Å². The average Bonchev–Trinajstić information content (AvgIpc) is 3.03. The van der Waals surface area contributed by atoms with Crippen molar-refractivity contribution >= 4 is 5.91 Å². The molecule has 4 heterocycles. The lowest BCUT2D eigenvalue weighted by molar-refractivity contribution is -0.0131. The lowest BCUT2D eigenvalue weighted by atomic mass is 9.91. The van der Waals surface area contributed by atoms with Gasteiger partial charge < -0.3 is 18.5 Å². The molecule has 2 aromatic heterocycles. The minimum absolute atomic E-state index is 0.0224. The summed E-state index contributed by atoms with van der Waals surface area (Å²) >= 11 is 0. The van der Waals surface area contributed by atoms with Gasteiger partial charge in [0.2, 0.25) is 11.8 Å². The third-order valence-electron chi connectivity index (χ3n) is 5.55. The Morgan fingerprint density at radius 3 is 2.84 bits per heavy atom. The van der Waals surface area contributed by atoms with Crippen molar-refractivity contribution in [1.82, 2.24) is 15.1 Å². The Labute approximate surface area is 145 Å². The van der Waals surface area contributed by atoms with E-state index in [9.17, 15) is 4.79 Å². The molecule has 2 aromatic rings. The van der Waals surface area contributed by atoms with Crippen LogP contribution in [0, 0.1) is 12.8 Å². The highest BCUT2D eigenvalue weighted by Crippen LogP contribution is 2.43. The molecule has 2 saturated heterocycles. The van der Waals surface area contributed by atoms with Crippen LogP contribution in [-0.2, 0) is 4.74 Å². The second-order valence-electron chi connectivity index (χ2n) is 7.38. The second kappa shape index (κ2) is 5.69. The average molecular weight is 343 g/mol. The molecular weight excluding hydrogens is 322 g/mol. The molecule has 1 amide bonds.